The zero-order valence-corrected chi connectivity index (χ0v) is 21.6. The van der Waals surface area contributed by atoms with Crippen LogP contribution in [0.5, 0.6) is 0 Å². The number of ketones is 1. The van der Waals surface area contributed by atoms with Crippen molar-refractivity contribution in [1.29, 1.82) is 0 Å². The molecule has 3 aromatic rings. The molecule has 1 aliphatic rings. The van der Waals surface area contributed by atoms with E-state index in [-0.39, 0.29) is 17.6 Å². The molecule has 3 atom stereocenters. The smallest absolute Gasteiger partial charge is 0.307 e. The summed E-state index contributed by atoms with van der Waals surface area (Å²) in [6.45, 7) is 1.49. The van der Waals surface area contributed by atoms with Crippen LogP contribution < -0.4 is 10.6 Å². The van der Waals surface area contributed by atoms with Crippen LogP contribution in [0, 0.1) is 11.8 Å². The Labute approximate surface area is 225 Å². The van der Waals surface area contributed by atoms with Gasteiger partial charge in [-0.25, -0.2) is 0 Å². The molecule has 0 saturated carbocycles. The maximum absolute atomic E-state index is 13.3. The van der Waals surface area contributed by atoms with E-state index in [0.29, 0.717) is 29.8 Å². The Morgan fingerprint density at radius 2 is 1.37 bits per heavy atom. The fraction of sp³-hybridized carbons (Fsp3) is 0.200. The molecule has 0 radical (unpaired) electrons. The summed E-state index contributed by atoms with van der Waals surface area (Å²) in [5, 5.41) is 14.7. The van der Waals surface area contributed by atoms with Gasteiger partial charge in [-0.15, -0.1) is 11.8 Å². The van der Waals surface area contributed by atoms with E-state index in [4.69, 9.17) is 0 Å². The SMILES string of the molecule is CC(=O)c1ccc(NC(=O)[C@H](Sc2ccc(NC(=O)[C@@H]3CC=CC[C@@H]3C(=O)O)cc2)c2ccccc2)cc1. The predicted octanol–water partition coefficient (Wildman–Crippen LogP) is 5.97. The zero-order valence-electron chi connectivity index (χ0n) is 20.8. The number of hydrogen-bond donors (Lipinski definition) is 3. The van der Waals surface area contributed by atoms with Gasteiger partial charge in [-0.3, -0.25) is 19.2 Å². The molecule has 0 aliphatic heterocycles. The maximum Gasteiger partial charge on any atom is 0.307 e. The molecule has 3 aromatic carbocycles. The van der Waals surface area contributed by atoms with Crippen LogP contribution in [-0.2, 0) is 14.4 Å². The number of allylic oxidation sites excluding steroid dienone is 2. The average Bonchev–Trinajstić information content (AvgIpc) is 2.93. The Morgan fingerprint density at radius 3 is 1.97 bits per heavy atom. The van der Waals surface area contributed by atoms with E-state index in [9.17, 15) is 24.3 Å². The summed E-state index contributed by atoms with van der Waals surface area (Å²) in [4.78, 5) is 50.0. The van der Waals surface area contributed by atoms with E-state index in [0.717, 1.165) is 10.5 Å². The Kier molecular flexibility index (Phi) is 8.76. The molecule has 4 rings (SSSR count). The Bertz CT molecular complexity index is 1340. The van der Waals surface area contributed by atoms with Crippen molar-refractivity contribution in [3.05, 3.63) is 102 Å². The number of carboxylic acids is 1. The molecule has 1 aliphatic carbocycles. The third kappa shape index (κ3) is 6.77. The van der Waals surface area contributed by atoms with Crippen molar-refractivity contribution in [2.24, 2.45) is 11.8 Å². The Hall–Kier alpha value is -4.17. The van der Waals surface area contributed by atoms with Crippen LogP contribution in [0.3, 0.4) is 0 Å². The second kappa shape index (κ2) is 12.4. The van der Waals surface area contributed by atoms with Crippen molar-refractivity contribution in [1.82, 2.24) is 0 Å². The van der Waals surface area contributed by atoms with Gasteiger partial charge >= 0.3 is 5.97 Å². The van der Waals surface area contributed by atoms with E-state index in [1.807, 2.05) is 48.5 Å². The number of Topliss-reactive ketones (excluding diaryl/α,β-unsaturated/α-hetero) is 1. The highest BCUT2D eigenvalue weighted by Crippen LogP contribution is 2.37. The number of carbonyl (C=O) groups is 4. The van der Waals surface area contributed by atoms with Crippen molar-refractivity contribution < 1.29 is 24.3 Å². The second-order valence-electron chi connectivity index (χ2n) is 9.04. The molecule has 0 aromatic heterocycles. The van der Waals surface area contributed by atoms with Gasteiger partial charge in [0.1, 0.15) is 5.25 Å². The number of aliphatic carboxylic acids is 1. The van der Waals surface area contributed by atoms with Crippen LogP contribution in [0.2, 0.25) is 0 Å². The van der Waals surface area contributed by atoms with Crippen LogP contribution in [0.1, 0.15) is 40.9 Å². The van der Waals surface area contributed by atoms with E-state index in [1.54, 1.807) is 42.5 Å². The van der Waals surface area contributed by atoms with Gasteiger partial charge in [-0.2, -0.15) is 0 Å². The van der Waals surface area contributed by atoms with Gasteiger partial charge in [-0.05, 0) is 73.9 Å². The standard InChI is InChI=1S/C30H28N2O5S/c1-19(33)20-11-13-22(14-12-20)32-29(35)27(21-7-3-2-4-8-21)38-24-17-15-23(16-18-24)31-28(34)25-9-5-6-10-26(25)30(36)37/h2-8,11-18,25-27H,9-10H2,1H3,(H,31,34)(H,32,35)(H,36,37)/t25-,26+,27-/m1/s1. The molecular weight excluding hydrogens is 500 g/mol. The van der Waals surface area contributed by atoms with Crippen LogP contribution >= 0.6 is 11.8 Å². The van der Waals surface area contributed by atoms with Crippen molar-refractivity contribution in [3.8, 4) is 0 Å². The number of amides is 2. The van der Waals surface area contributed by atoms with Crippen molar-refractivity contribution in [2.75, 3.05) is 10.6 Å². The Morgan fingerprint density at radius 1 is 0.789 bits per heavy atom. The fourth-order valence-corrected chi connectivity index (χ4v) is 5.29. The average molecular weight is 529 g/mol. The highest BCUT2D eigenvalue weighted by atomic mass is 32.2. The summed E-state index contributed by atoms with van der Waals surface area (Å²) < 4.78 is 0. The van der Waals surface area contributed by atoms with E-state index in [2.05, 4.69) is 10.6 Å². The van der Waals surface area contributed by atoms with E-state index < -0.39 is 23.1 Å². The molecule has 2 amide bonds. The van der Waals surface area contributed by atoms with E-state index in [1.165, 1.54) is 18.7 Å². The number of benzene rings is 3. The first-order chi connectivity index (χ1) is 18.3. The van der Waals surface area contributed by atoms with Crippen LogP contribution in [0.4, 0.5) is 11.4 Å². The minimum Gasteiger partial charge on any atom is -0.481 e. The Balaban J connectivity index is 1.46. The summed E-state index contributed by atoms with van der Waals surface area (Å²) in [6, 6.07) is 23.3. The summed E-state index contributed by atoms with van der Waals surface area (Å²) >= 11 is 1.37. The largest absolute Gasteiger partial charge is 0.481 e. The first kappa shape index (κ1) is 26.9. The molecule has 0 heterocycles. The monoisotopic (exact) mass is 528 g/mol. The van der Waals surface area contributed by atoms with Crippen LogP contribution in [0.25, 0.3) is 0 Å². The van der Waals surface area contributed by atoms with Gasteiger partial charge in [0.25, 0.3) is 0 Å². The third-order valence-corrected chi connectivity index (χ3v) is 7.63. The number of carbonyl (C=O) groups excluding carboxylic acids is 3. The molecule has 0 unspecified atom stereocenters. The topological polar surface area (TPSA) is 113 Å². The molecule has 0 saturated heterocycles. The molecule has 194 valence electrons. The number of carboxylic acid groups (broad SMARTS) is 1. The minimum absolute atomic E-state index is 0.0440. The quantitative estimate of drug-likeness (QED) is 0.179. The molecule has 0 spiro atoms. The molecular formula is C30H28N2O5S. The summed E-state index contributed by atoms with van der Waals surface area (Å²) in [7, 11) is 0. The maximum atomic E-state index is 13.3. The summed E-state index contributed by atoms with van der Waals surface area (Å²) in [5.41, 5.74) is 2.56. The normalized spacial score (nSPS) is 17.3. The van der Waals surface area contributed by atoms with Crippen molar-refractivity contribution in [2.45, 2.75) is 29.9 Å². The number of anilines is 2. The zero-order chi connectivity index (χ0) is 27.1. The van der Waals surface area contributed by atoms with Crippen molar-refractivity contribution >= 4 is 46.7 Å². The van der Waals surface area contributed by atoms with Gasteiger partial charge in [0.05, 0.1) is 11.8 Å². The molecule has 3 N–H and O–H groups in total. The lowest BCUT2D eigenvalue weighted by atomic mass is 9.82. The van der Waals surface area contributed by atoms with Gasteiger partial charge in [-0.1, -0.05) is 42.5 Å². The summed E-state index contributed by atoms with van der Waals surface area (Å²) in [6.07, 6.45) is 4.37. The number of rotatable bonds is 9. The van der Waals surface area contributed by atoms with Gasteiger partial charge in [0.2, 0.25) is 11.8 Å². The molecule has 0 bridgehead atoms. The first-order valence-electron chi connectivity index (χ1n) is 12.2. The number of nitrogens with one attached hydrogen (secondary N) is 2. The number of thioether (sulfide) groups is 1. The minimum atomic E-state index is -0.971. The fourth-order valence-electron chi connectivity index (χ4n) is 4.26. The first-order valence-corrected chi connectivity index (χ1v) is 13.1. The highest BCUT2D eigenvalue weighted by molar-refractivity contribution is 8.00. The summed E-state index contributed by atoms with van der Waals surface area (Å²) in [5.74, 6) is -2.90. The highest BCUT2D eigenvalue weighted by Gasteiger charge is 2.34. The molecule has 0 fully saturated rings. The molecule has 7 nitrogen and oxygen atoms in total. The third-order valence-electron chi connectivity index (χ3n) is 6.36. The van der Waals surface area contributed by atoms with Crippen LogP contribution in [0.15, 0.2) is 95.9 Å². The molecule has 38 heavy (non-hydrogen) atoms. The van der Waals surface area contributed by atoms with Gasteiger partial charge in [0, 0.05) is 21.8 Å². The van der Waals surface area contributed by atoms with Crippen molar-refractivity contribution in [3.63, 3.8) is 0 Å². The lowest BCUT2D eigenvalue weighted by Gasteiger charge is -2.24. The van der Waals surface area contributed by atoms with Crippen LogP contribution in [-0.4, -0.2) is 28.7 Å². The number of hydrogen-bond acceptors (Lipinski definition) is 5. The van der Waals surface area contributed by atoms with Gasteiger partial charge < -0.3 is 15.7 Å². The second-order valence-corrected chi connectivity index (χ2v) is 10.2. The van der Waals surface area contributed by atoms with Gasteiger partial charge in [0.15, 0.2) is 5.78 Å². The van der Waals surface area contributed by atoms with E-state index >= 15 is 0 Å². The molecule has 8 heteroatoms. The lowest BCUT2D eigenvalue weighted by Crippen LogP contribution is -2.34. The lowest BCUT2D eigenvalue weighted by molar-refractivity contribution is -0.146. The predicted molar refractivity (Wildman–Crippen MR) is 148 cm³/mol.